The molecule has 2 rings (SSSR count). The highest BCUT2D eigenvalue weighted by atomic mass is 16.4. The number of para-hydroxylation sites is 1. The molecule has 0 saturated heterocycles. The van der Waals surface area contributed by atoms with Crippen LogP contribution >= 0.6 is 0 Å². The lowest BCUT2D eigenvalue weighted by Crippen LogP contribution is -2.09. The summed E-state index contributed by atoms with van der Waals surface area (Å²) in [6.45, 7) is 0. The minimum Gasteiger partial charge on any atom is -0.388 e. The number of hydrogen-bond acceptors (Lipinski definition) is 4. The van der Waals surface area contributed by atoms with Crippen molar-refractivity contribution in [3.63, 3.8) is 0 Å². The maximum atomic E-state index is 11.1. The van der Waals surface area contributed by atoms with Gasteiger partial charge in [-0.3, -0.25) is 0 Å². The molecule has 15 heavy (non-hydrogen) atoms. The summed E-state index contributed by atoms with van der Waals surface area (Å²) in [6.07, 6.45) is 0. The lowest BCUT2D eigenvalue weighted by molar-refractivity contribution is 0.505. The van der Waals surface area contributed by atoms with E-state index < -0.39 is 5.76 Å². The van der Waals surface area contributed by atoms with Crippen LogP contribution in [0.25, 0.3) is 11.5 Å². The lowest BCUT2D eigenvalue weighted by atomic mass is 10.2. The van der Waals surface area contributed by atoms with Gasteiger partial charge in [-0.15, -0.1) is 5.10 Å². The van der Waals surface area contributed by atoms with Crippen LogP contribution < -0.4 is 11.1 Å². The summed E-state index contributed by atoms with van der Waals surface area (Å²) in [6, 6.07) is 7.50. The SMILES string of the molecule is CNc1ccccc1-c1nn(C)c(=O)o1. The second-order valence-corrected chi connectivity index (χ2v) is 3.09. The van der Waals surface area contributed by atoms with Crippen molar-refractivity contribution in [3.05, 3.63) is 34.8 Å². The molecule has 0 unspecified atom stereocenters. The fourth-order valence-corrected chi connectivity index (χ4v) is 1.34. The van der Waals surface area contributed by atoms with Crippen LogP contribution in [0.2, 0.25) is 0 Å². The van der Waals surface area contributed by atoms with Crippen LogP contribution in [-0.4, -0.2) is 16.8 Å². The zero-order chi connectivity index (χ0) is 10.8. The molecule has 0 saturated carbocycles. The van der Waals surface area contributed by atoms with Gasteiger partial charge in [0.05, 0.1) is 5.56 Å². The highest BCUT2D eigenvalue weighted by molar-refractivity contribution is 5.71. The quantitative estimate of drug-likeness (QED) is 0.797. The molecular formula is C10H11N3O2. The monoisotopic (exact) mass is 205 g/mol. The van der Waals surface area contributed by atoms with Gasteiger partial charge < -0.3 is 9.73 Å². The molecule has 5 nitrogen and oxygen atoms in total. The molecule has 1 heterocycles. The van der Waals surface area contributed by atoms with Gasteiger partial charge in [0.25, 0.3) is 5.89 Å². The van der Waals surface area contributed by atoms with Crippen LogP contribution in [0.15, 0.2) is 33.5 Å². The van der Waals surface area contributed by atoms with Gasteiger partial charge >= 0.3 is 5.76 Å². The molecule has 0 atom stereocenters. The maximum Gasteiger partial charge on any atom is 0.437 e. The number of anilines is 1. The number of nitrogens with one attached hydrogen (secondary N) is 1. The molecule has 0 aliphatic heterocycles. The Morgan fingerprint density at radius 3 is 2.73 bits per heavy atom. The van der Waals surface area contributed by atoms with Gasteiger partial charge in [0, 0.05) is 19.8 Å². The van der Waals surface area contributed by atoms with Crippen molar-refractivity contribution in [2.24, 2.45) is 7.05 Å². The van der Waals surface area contributed by atoms with E-state index in [0.29, 0.717) is 5.89 Å². The highest BCUT2D eigenvalue weighted by Gasteiger charge is 2.10. The predicted octanol–water partition coefficient (Wildman–Crippen LogP) is 1.08. The van der Waals surface area contributed by atoms with Gasteiger partial charge in [0.1, 0.15) is 0 Å². The Morgan fingerprint density at radius 1 is 1.40 bits per heavy atom. The molecule has 0 aliphatic carbocycles. The third-order valence-electron chi connectivity index (χ3n) is 2.12. The third kappa shape index (κ3) is 1.63. The van der Waals surface area contributed by atoms with Gasteiger partial charge in [0.15, 0.2) is 0 Å². The summed E-state index contributed by atoms with van der Waals surface area (Å²) in [5.41, 5.74) is 1.65. The van der Waals surface area contributed by atoms with E-state index in [1.807, 2.05) is 24.3 Å². The number of hydrogen-bond donors (Lipinski definition) is 1. The van der Waals surface area contributed by atoms with E-state index in [9.17, 15) is 4.79 Å². The Morgan fingerprint density at radius 2 is 2.13 bits per heavy atom. The Labute approximate surface area is 86.3 Å². The fraction of sp³-hybridized carbons (Fsp3) is 0.200. The lowest BCUT2D eigenvalue weighted by Gasteiger charge is -2.03. The first-order valence-electron chi connectivity index (χ1n) is 4.53. The second-order valence-electron chi connectivity index (χ2n) is 3.09. The van der Waals surface area contributed by atoms with Gasteiger partial charge in [-0.2, -0.15) is 4.68 Å². The molecule has 0 radical (unpaired) electrons. The van der Waals surface area contributed by atoms with Crippen molar-refractivity contribution in [2.75, 3.05) is 12.4 Å². The molecule has 0 fully saturated rings. The van der Waals surface area contributed by atoms with Crippen LogP contribution in [0.3, 0.4) is 0 Å². The molecular weight excluding hydrogens is 194 g/mol. The molecule has 1 N–H and O–H groups in total. The Hall–Kier alpha value is -2.04. The first-order chi connectivity index (χ1) is 7.22. The first-order valence-corrected chi connectivity index (χ1v) is 4.53. The molecule has 78 valence electrons. The van der Waals surface area contributed by atoms with Crippen LogP contribution in [0.1, 0.15) is 0 Å². The molecule has 1 aromatic carbocycles. The van der Waals surface area contributed by atoms with Crippen molar-refractivity contribution in [3.8, 4) is 11.5 Å². The van der Waals surface area contributed by atoms with E-state index in [0.717, 1.165) is 11.3 Å². The first kappa shape index (κ1) is 9.51. The van der Waals surface area contributed by atoms with Crippen molar-refractivity contribution in [1.82, 2.24) is 9.78 Å². The van der Waals surface area contributed by atoms with Crippen molar-refractivity contribution in [2.45, 2.75) is 0 Å². The molecule has 5 heteroatoms. The second kappa shape index (κ2) is 3.61. The van der Waals surface area contributed by atoms with Crippen molar-refractivity contribution < 1.29 is 4.42 Å². The standard InChI is InChI=1S/C10H11N3O2/c1-11-8-6-4-3-5-7(8)9-12-13(2)10(14)15-9/h3-6,11H,1-2H3. The Balaban J connectivity index is 2.58. The maximum absolute atomic E-state index is 11.1. The van der Waals surface area contributed by atoms with Crippen LogP contribution in [-0.2, 0) is 7.05 Å². The van der Waals surface area contributed by atoms with Crippen molar-refractivity contribution in [1.29, 1.82) is 0 Å². The molecule has 1 aromatic heterocycles. The molecule has 0 spiro atoms. The van der Waals surface area contributed by atoms with Gasteiger partial charge in [-0.05, 0) is 12.1 Å². The number of aryl methyl sites for hydroxylation is 1. The average molecular weight is 205 g/mol. The average Bonchev–Trinajstić information content (AvgIpc) is 2.59. The van der Waals surface area contributed by atoms with Gasteiger partial charge in [-0.1, -0.05) is 12.1 Å². The summed E-state index contributed by atoms with van der Waals surface area (Å²) in [4.78, 5) is 11.1. The summed E-state index contributed by atoms with van der Waals surface area (Å²) < 4.78 is 6.17. The van der Waals surface area contributed by atoms with Crippen molar-refractivity contribution >= 4 is 5.69 Å². The molecule has 0 amide bonds. The van der Waals surface area contributed by atoms with Crippen LogP contribution in [0.4, 0.5) is 5.69 Å². The van der Waals surface area contributed by atoms with E-state index in [2.05, 4.69) is 10.4 Å². The molecule has 2 aromatic rings. The summed E-state index contributed by atoms with van der Waals surface area (Å²) in [5.74, 6) is -0.136. The summed E-state index contributed by atoms with van der Waals surface area (Å²) in [7, 11) is 3.36. The Bertz CT molecular complexity index is 527. The van der Waals surface area contributed by atoms with E-state index in [4.69, 9.17) is 4.42 Å². The largest absolute Gasteiger partial charge is 0.437 e. The van der Waals surface area contributed by atoms with E-state index in [1.54, 1.807) is 14.1 Å². The van der Waals surface area contributed by atoms with Crippen LogP contribution in [0, 0.1) is 0 Å². The van der Waals surface area contributed by atoms with E-state index >= 15 is 0 Å². The molecule has 0 aliphatic rings. The number of rotatable bonds is 2. The normalized spacial score (nSPS) is 10.3. The summed E-state index contributed by atoms with van der Waals surface area (Å²) >= 11 is 0. The molecule has 0 bridgehead atoms. The van der Waals surface area contributed by atoms with Crippen LogP contribution in [0.5, 0.6) is 0 Å². The minimum atomic E-state index is -0.462. The van der Waals surface area contributed by atoms with Gasteiger partial charge in [0.2, 0.25) is 0 Å². The number of benzene rings is 1. The number of nitrogens with zero attached hydrogens (tertiary/aromatic N) is 2. The van der Waals surface area contributed by atoms with E-state index in [-0.39, 0.29) is 0 Å². The topological polar surface area (TPSA) is 60.1 Å². The minimum absolute atomic E-state index is 0.326. The smallest absolute Gasteiger partial charge is 0.388 e. The zero-order valence-corrected chi connectivity index (χ0v) is 8.52. The Kier molecular flexibility index (Phi) is 2.29. The zero-order valence-electron chi connectivity index (χ0n) is 8.52. The highest BCUT2D eigenvalue weighted by Crippen LogP contribution is 2.24. The van der Waals surface area contributed by atoms with Gasteiger partial charge in [-0.25, -0.2) is 4.79 Å². The third-order valence-corrected chi connectivity index (χ3v) is 2.12. The number of aromatic nitrogens is 2. The fourth-order valence-electron chi connectivity index (χ4n) is 1.34. The predicted molar refractivity (Wildman–Crippen MR) is 56.7 cm³/mol. The van der Waals surface area contributed by atoms with E-state index in [1.165, 1.54) is 4.68 Å². The summed E-state index contributed by atoms with van der Waals surface area (Å²) in [5, 5.41) is 7.00.